The van der Waals surface area contributed by atoms with E-state index in [2.05, 4.69) is 24.3 Å². The minimum atomic E-state index is -0.880. The van der Waals surface area contributed by atoms with Crippen LogP contribution in [0.15, 0.2) is 109 Å². The Bertz CT molecular complexity index is 1050. The molecule has 0 heterocycles. The Morgan fingerprint density at radius 3 is 1.76 bits per heavy atom. The molecule has 0 amide bonds. The monoisotopic (exact) mass is 396 g/mol. The Labute approximate surface area is 172 Å². The fraction of sp³-hybridized carbons (Fsp3) is 0.0385. The molecule has 4 aromatic rings. The highest BCUT2D eigenvalue weighted by molar-refractivity contribution is 7.80. The van der Waals surface area contributed by atoms with Crippen LogP contribution in [0.4, 0.5) is 0 Å². The van der Waals surface area contributed by atoms with Gasteiger partial charge in [-0.2, -0.15) is 0 Å². The molecule has 0 unspecified atom stereocenters. The third-order valence-corrected chi connectivity index (χ3v) is 7.13. The largest absolute Gasteiger partial charge is 0.423 e. The van der Waals surface area contributed by atoms with Gasteiger partial charge in [0.05, 0.1) is 5.56 Å². The van der Waals surface area contributed by atoms with Crippen LogP contribution in [0.25, 0.3) is 0 Å². The van der Waals surface area contributed by atoms with Gasteiger partial charge in [-0.15, -0.1) is 0 Å². The molecule has 142 valence electrons. The van der Waals surface area contributed by atoms with Gasteiger partial charge in [0, 0.05) is 0 Å². The van der Waals surface area contributed by atoms with Crippen LogP contribution in [0.2, 0.25) is 0 Å². The van der Waals surface area contributed by atoms with E-state index < -0.39 is 7.92 Å². The molecule has 0 radical (unpaired) electrons. The zero-order valence-electron chi connectivity index (χ0n) is 16.2. The summed E-state index contributed by atoms with van der Waals surface area (Å²) in [6, 6.07) is 36.0. The molecule has 3 heteroatoms. The van der Waals surface area contributed by atoms with E-state index in [4.69, 9.17) is 4.74 Å². The molecule has 4 rings (SSSR count). The maximum atomic E-state index is 13.1. The minimum Gasteiger partial charge on any atom is -0.423 e. The van der Waals surface area contributed by atoms with Crippen molar-refractivity contribution >= 4 is 29.8 Å². The fourth-order valence-electron chi connectivity index (χ4n) is 3.19. The van der Waals surface area contributed by atoms with Crippen molar-refractivity contribution < 1.29 is 9.53 Å². The first-order chi connectivity index (χ1) is 14.2. The summed E-state index contributed by atoms with van der Waals surface area (Å²) in [4.78, 5) is 13.1. The zero-order chi connectivity index (χ0) is 20.1. The number of hydrogen-bond donors (Lipinski definition) is 0. The van der Waals surface area contributed by atoms with Crippen LogP contribution >= 0.6 is 7.92 Å². The summed E-state index contributed by atoms with van der Waals surface area (Å²) in [6.07, 6.45) is 0. The van der Waals surface area contributed by atoms with E-state index in [1.54, 1.807) is 0 Å². The number of carbonyl (C=O) groups excluding carboxylic acids is 1. The van der Waals surface area contributed by atoms with Crippen LogP contribution < -0.4 is 20.7 Å². The van der Waals surface area contributed by atoms with Crippen LogP contribution in [0.1, 0.15) is 15.9 Å². The summed E-state index contributed by atoms with van der Waals surface area (Å²) in [5.41, 5.74) is 1.73. The number of carbonyl (C=O) groups is 1. The van der Waals surface area contributed by atoms with Crippen molar-refractivity contribution in [3.8, 4) is 5.75 Å². The molecule has 0 saturated heterocycles. The maximum absolute atomic E-state index is 13.1. The van der Waals surface area contributed by atoms with E-state index in [1.807, 2.05) is 91.9 Å². The van der Waals surface area contributed by atoms with E-state index in [0.717, 1.165) is 10.9 Å². The molecule has 0 fully saturated rings. The van der Waals surface area contributed by atoms with Crippen LogP contribution in [0.3, 0.4) is 0 Å². The number of rotatable bonds is 5. The molecule has 0 N–H and O–H groups in total. The van der Waals surface area contributed by atoms with Gasteiger partial charge in [-0.25, -0.2) is 4.79 Å². The van der Waals surface area contributed by atoms with Crippen molar-refractivity contribution in [1.82, 2.24) is 0 Å². The van der Waals surface area contributed by atoms with Crippen LogP contribution in [-0.2, 0) is 0 Å². The summed E-state index contributed by atoms with van der Waals surface area (Å²) >= 11 is 0. The van der Waals surface area contributed by atoms with Crippen LogP contribution in [0, 0.1) is 6.92 Å². The van der Waals surface area contributed by atoms with E-state index in [1.165, 1.54) is 10.6 Å². The second kappa shape index (κ2) is 8.86. The molecule has 0 aliphatic heterocycles. The number of esters is 1. The summed E-state index contributed by atoms with van der Waals surface area (Å²) in [7, 11) is -0.880. The lowest BCUT2D eigenvalue weighted by atomic mass is 10.2. The van der Waals surface area contributed by atoms with Crippen molar-refractivity contribution in [2.75, 3.05) is 0 Å². The second-order valence-corrected chi connectivity index (χ2v) is 8.91. The number of ether oxygens (including phenoxy) is 1. The summed E-state index contributed by atoms with van der Waals surface area (Å²) < 4.78 is 5.69. The topological polar surface area (TPSA) is 26.3 Å². The predicted molar refractivity (Wildman–Crippen MR) is 121 cm³/mol. The lowest BCUT2D eigenvalue weighted by Gasteiger charge is -2.21. The van der Waals surface area contributed by atoms with E-state index in [0.29, 0.717) is 11.3 Å². The summed E-state index contributed by atoms with van der Waals surface area (Å²) in [5, 5.41) is 3.39. The molecule has 4 aromatic carbocycles. The van der Waals surface area contributed by atoms with E-state index in [9.17, 15) is 4.79 Å². The van der Waals surface area contributed by atoms with Crippen LogP contribution in [0.5, 0.6) is 5.75 Å². The van der Waals surface area contributed by atoms with Gasteiger partial charge in [-0.1, -0.05) is 96.6 Å². The highest BCUT2D eigenvalue weighted by Gasteiger charge is 2.23. The van der Waals surface area contributed by atoms with Crippen LogP contribution in [-0.4, -0.2) is 5.97 Å². The van der Waals surface area contributed by atoms with Gasteiger partial charge >= 0.3 is 5.97 Å². The molecule has 0 bridgehead atoms. The van der Waals surface area contributed by atoms with Crippen molar-refractivity contribution in [1.29, 1.82) is 0 Å². The molecule has 0 aromatic heterocycles. The second-order valence-electron chi connectivity index (χ2n) is 6.73. The lowest BCUT2D eigenvalue weighted by Crippen LogP contribution is -2.26. The summed E-state index contributed by atoms with van der Waals surface area (Å²) in [6.45, 7) is 2.01. The Morgan fingerprint density at radius 2 is 1.17 bits per heavy atom. The SMILES string of the molecule is Cc1ccc(OC(=O)c2ccccc2P(c2ccccc2)c2ccccc2)cc1. The lowest BCUT2D eigenvalue weighted by molar-refractivity contribution is 0.0736. The Balaban J connectivity index is 1.76. The molecule has 0 spiro atoms. The first-order valence-electron chi connectivity index (χ1n) is 9.50. The quantitative estimate of drug-likeness (QED) is 0.270. The van der Waals surface area contributed by atoms with Gasteiger partial charge in [0.25, 0.3) is 0 Å². The first-order valence-corrected chi connectivity index (χ1v) is 10.8. The molecule has 0 saturated carbocycles. The molecular weight excluding hydrogens is 375 g/mol. The smallest absolute Gasteiger partial charge is 0.344 e. The number of benzene rings is 4. The maximum Gasteiger partial charge on any atom is 0.344 e. The molecule has 2 nitrogen and oxygen atoms in total. The number of aryl methyl sites for hydroxylation is 1. The normalized spacial score (nSPS) is 10.7. The van der Waals surface area contributed by atoms with Gasteiger partial charge in [0.15, 0.2) is 0 Å². The standard InChI is InChI=1S/C26H21O2P/c1-20-16-18-21(19-17-20)28-26(27)24-14-8-9-15-25(24)29(22-10-4-2-5-11-22)23-12-6-3-7-13-23/h2-19H,1H3. The van der Waals surface area contributed by atoms with Crippen molar-refractivity contribution in [2.45, 2.75) is 6.92 Å². The van der Waals surface area contributed by atoms with Gasteiger partial charge < -0.3 is 4.74 Å². The Morgan fingerprint density at radius 1 is 0.655 bits per heavy atom. The Hall–Kier alpha value is -3.22. The van der Waals surface area contributed by atoms with E-state index in [-0.39, 0.29) is 5.97 Å². The van der Waals surface area contributed by atoms with E-state index >= 15 is 0 Å². The third kappa shape index (κ3) is 4.45. The molecular formula is C26H21O2P. The van der Waals surface area contributed by atoms with Gasteiger partial charge in [0.2, 0.25) is 0 Å². The van der Waals surface area contributed by atoms with Gasteiger partial charge in [-0.05, 0) is 49.0 Å². The van der Waals surface area contributed by atoms with Gasteiger partial charge in [-0.3, -0.25) is 0 Å². The van der Waals surface area contributed by atoms with Crippen molar-refractivity contribution in [2.24, 2.45) is 0 Å². The Kier molecular flexibility index (Phi) is 5.84. The average molecular weight is 396 g/mol. The van der Waals surface area contributed by atoms with Gasteiger partial charge in [0.1, 0.15) is 5.75 Å². The van der Waals surface area contributed by atoms with Crippen molar-refractivity contribution in [3.05, 3.63) is 120 Å². The molecule has 0 aliphatic rings. The number of hydrogen-bond acceptors (Lipinski definition) is 2. The summed E-state index contributed by atoms with van der Waals surface area (Å²) in [5.74, 6) is 0.225. The average Bonchev–Trinajstić information content (AvgIpc) is 2.77. The molecule has 29 heavy (non-hydrogen) atoms. The highest BCUT2D eigenvalue weighted by Crippen LogP contribution is 2.34. The first kappa shape index (κ1) is 19.1. The van der Waals surface area contributed by atoms with Crippen molar-refractivity contribution in [3.63, 3.8) is 0 Å². The fourth-order valence-corrected chi connectivity index (χ4v) is 5.63. The molecule has 0 aliphatic carbocycles. The third-order valence-electron chi connectivity index (χ3n) is 4.63. The minimum absolute atomic E-state index is 0.330. The predicted octanol–water partition coefficient (Wildman–Crippen LogP) is 4.97. The highest BCUT2D eigenvalue weighted by atomic mass is 31.1. The zero-order valence-corrected chi connectivity index (χ0v) is 17.1. The molecule has 0 atom stereocenters.